The van der Waals surface area contributed by atoms with E-state index in [2.05, 4.69) is 60.7 Å². The van der Waals surface area contributed by atoms with E-state index in [0.717, 1.165) is 36.1 Å². The Morgan fingerprint density at radius 3 is 2.03 bits per heavy atom. The lowest BCUT2D eigenvalue weighted by atomic mass is 9.67. The summed E-state index contributed by atoms with van der Waals surface area (Å²) in [4.78, 5) is 29.0. The molecule has 5 heteroatoms. The number of ketones is 1. The second kappa shape index (κ2) is 11.1. The molecule has 3 aromatic rings. The first-order valence-corrected chi connectivity index (χ1v) is 14.6. The first-order valence-electron chi connectivity index (χ1n) is 13.3. The summed E-state index contributed by atoms with van der Waals surface area (Å²) >= 11 is 0. The van der Waals surface area contributed by atoms with Crippen molar-refractivity contribution in [2.75, 3.05) is 6.61 Å². The summed E-state index contributed by atoms with van der Waals surface area (Å²) in [7, 11) is -0.711. The monoisotopic (exact) mass is 516 g/mol. The highest BCUT2D eigenvalue weighted by atomic mass is 32.2. The Morgan fingerprint density at radius 1 is 0.838 bits per heavy atom. The average Bonchev–Trinajstić information content (AvgIpc) is 2.88. The van der Waals surface area contributed by atoms with Crippen molar-refractivity contribution in [3.05, 3.63) is 83.9 Å². The minimum absolute atomic E-state index is 0.0439. The third-order valence-electron chi connectivity index (χ3n) is 7.70. The largest absolute Gasteiger partial charge is 0.481 e. The minimum atomic E-state index is -0.711. The van der Waals surface area contributed by atoms with Crippen molar-refractivity contribution in [2.45, 2.75) is 67.2 Å². The van der Waals surface area contributed by atoms with Gasteiger partial charge in [-0.15, -0.1) is 0 Å². The maximum absolute atomic E-state index is 12.7. The fraction of sp³-hybridized carbons (Fsp3) is 0.375. The van der Waals surface area contributed by atoms with Gasteiger partial charge in [-0.1, -0.05) is 43.3 Å². The normalized spacial score (nSPS) is 23.3. The van der Waals surface area contributed by atoms with Gasteiger partial charge in [0.15, 0.2) is 6.61 Å². The van der Waals surface area contributed by atoms with E-state index in [1.807, 2.05) is 32.9 Å². The van der Waals surface area contributed by atoms with Crippen molar-refractivity contribution < 1.29 is 19.1 Å². The highest BCUT2D eigenvalue weighted by Gasteiger charge is 2.41. The van der Waals surface area contributed by atoms with Crippen molar-refractivity contribution in [3.8, 4) is 5.75 Å². The number of esters is 1. The number of ether oxygens (including phenoxy) is 2. The number of aryl methyl sites for hydroxylation is 2. The van der Waals surface area contributed by atoms with Gasteiger partial charge in [-0.2, -0.15) is 10.9 Å². The van der Waals surface area contributed by atoms with Crippen LogP contribution in [0.5, 0.6) is 5.75 Å². The molecule has 2 fully saturated rings. The number of hydrogen-bond donors (Lipinski definition) is 1. The van der Waals surface area contributed by atoms with Crippen molar-refractivity contribution >= 4 is 22.6 Å². The molecule has 4 atom stereocenters. The third-order valence-corrected chi connectivity index (χ3v) is 10.1. The van der Waals surface area contributed by atoms with Crippen LogP contribution in [0.1, 0.15) is 43.7 Å². The number of carbonyl (C=O) groups is 2. The van der Waals surface area contributed by atoms with Crippen molar-refractivity contribution in [3.63, 3.8) is 0 Å². The average molecular weight is 517 g/mol. The van der Waals surface area contributed by atoms with Crippen molar-refractivity contribution in [2.24, 2.45) is 17.8 Å². The molecule has 5 rings (SSSR count). The lowest BCUT2D eigenvalue weighted by molar-refractivity contribution is -0.158. The van der Waals surface area contributed by atoms with E-state index < -0.39 is 10.9 Å². The molecule has 2 bridgehead atoms. The molecular weight excluding hydrogens is 480 g/mol. The van der Waals surface area contributed by atoms with Crippen LogP contribution in [0.25, 0.3) is 0 Å². The van der Waals surface area contributed by atoms with Gasteiger partial charge in [0, 0.05) is 11.8 Å². The van der Waals surface area contributed by atoms with E-state index >= 15 is 0 Å². The van der Waals surface area contributed by atoms with Crippen LogP contribution in [0.3, 0.4) is 0 Å². The Morgan fingerprint density at radius 2 is 1.43 bits per heavy atom. The van der Waals surface area contributed by atoms with Crippen LogP contribution in [0.15, 0.2) is 87.5 Å². The Hall–Kier alpha value is -3.05. The fourth-order valence-corrected chi connectivity index (χ4v) is 8.64. The summed E-state index contributed by atoms with van der Waals surface area (Å²) in [6, 6.07) is 25.6. The molecule has 2 aliphatic rings. The highest BCUT2D eigenvalue weighted by Crippen LogP contribution is 2.52. The quantitative estimate of drug-likeness (QED) is 0.269. The molecule has 0 spiro atoms. The van der Waals surface area contributed by atoms with Gasteiger partial charge in [0.05, 0.1) is 0 Å². The number of Topliss-reactive ketones (excluding diaryl/α,β-unsaturated/α-hetero) is 1. The van der Waals surface area contributed by atoms with E-state index in [-0.39, 0.29) is 30.5 Å². The molecular formula is C32H36O4S. The van der Waals surface area contributed by atoms with Gasteiger partial charge in [-0.25, -0.2) is 4.79 Å². The highest BCUT2D eigenvalue weighted by molar-refractivity contribution is 8.17. The van der Waals surface area contributed by atoms with Crippen LogP contribution in [0, 0.1) is 31.6 Å². The van der Waals surface area contributed by atoms with Crippen molar-refractivity contribution in [1.82, 2.24) is 0 Å². The van der Waals surface area contributed by atoms with Crippen LogP contribution in [-0.4, -0.2) is 24.5 Å². The first-order chi connectivity index (χ1) is 17.9. The lowest BCUT2D eigenvalue weighted by Gasteiger charge is -2.40. The topological polar surface area (TPSA) is 52.6 Å². The molecule has 0 heterocycles. The van der Waals surface area contributed by atoms with Gasteiger partial charge < -0.3 is 9.47 Å². The standard InChI is InChI=1S/C32H36O4S/c1-21-14-24-17-25(31(21)34)19-26(18-24)36-30(33)20-35-32-22(2)15-29(16-23(32)3)37(27-10-6-4-7-11-27)28-12-8-5-9-13-28/h4-13,15-16,21,24-26,37H,14,17-20H2,1-3H3. The lowest BCUT2D eigenvalue weighted by Crippen LogP contribution is -2.41. The van der Waals surface area contributed by atoms with Crippen LogP contribution >= 0.6 is 10.9 Å². The maximum atomic E-state index is 12.7. The Labute approximate surface area is 222 Å². The van der Waals surface area contributed by atoms with Crippen LogP contribution < -0.4 is 4.74 Å². The van der Waals surface area contributed by atoms with E-state index in [9.17, 15) is 9.59 Å². The molecule has 2 saturated carbocycles. The van der Waals surface area contributed by atoms with E-state index in [0.29, 0.717) is 18.1 Å². The van der Waals surface area contributed by atoms with Gasteiger partial charge in [-0.05, 0) is 108 Å². The summed E-state index contributed by atoms with van der Waals surface area (Å²) in [6.45, 7) is 5.98. The predicted octanol–water partition coefficient (Wildman–Crippen LogP) is 7.10. The molecule has 37 heavy (non-hydrogen) atoms. The number of benzene rings is 3. The molecule has 4 nitrogen and oxygen atoms in total. The van der Waals surface area contributed by atoms with Gasteiger partial charge in [-0.3, -0.25) is 4.79 Å². The second-order valence-electron chi connectivity index (χ2n) is 10.6. The minimum Gasteiger partial charge on any atom is -0.481 e. The molecule has 2 aliphatic carbocycles. The second-order valence-corrected chi connectivity index (χ2v) is 12.8. The number of thiol groups is 1. The van der Waals surface area contributed by atoms with Crippen LogP contribution in [0.4, 0.5) is 0 Å². The number of hydrogen-bond acceptors (Lipinski definition) is 4. The molecule has 0 aliphatic heterocycles. The van der Waals surface area contributed by atoms with Gasteiger partial charge >= 0.3 is 5.97 Å². The van der Waals surface area contributed by atoms with Crippen LogP contribution in [-0.2, 0) is 14.3 Å². The van der Waals surface area contributed by atoms with E-state index in [1.54, 1.807) is 0 Å². The van der Waals surface area contributed by atoms with Crippen LogP contribution in [0.2, 0.25) is 0 Å². The molecule has 0 aromatic heterocycles. The van der Waals surface area contributed by atoms with E-state index in [4.69, 9.17) is 9.47 Å². The summed E-state index contributed by atoms with van der Waals surface area (Å²) < 4.78 is 11.8. The van der Waals surface area contributed by atoms with Gasteiger partial charge in [0.1, 0.15) is 17.6 Å². The molecule has 0 radical (unpaired) electrons. The zero-order valence-electron chi connectivity index (χ0n) is 21.9. The molecule has 194 valence electrons. The predicted molar refractivity (Wildman–Crippen MR) is 148 cm³/mol. The molecule has 0 N–H and O–H groups in total. The third kappa shape index (κ3) is 5.77. The molecule has 3 aromatic carbocycles. The van der Waals surface area contributed by atoms with Gasteiger partial charge in [0.2, 0.25) is 0 Å². The smallest absolute Gasteiger partial charge is 0.344 e. The number of fused-ring (bicyclic) bond motifs is 2. The zero-order valence-corrected chi connectivity index (χ0v) is 22.7. The summed E-state index contributed by atoms with van der Waals surface area (Å²) in [5.74, 6) is 1.38. The molecule has 0 saturated heterocycles. The molecule has 0 amide bonds. The van der Waals surface area contributed by atoms with Crippen molar-refractivity contribution in [1.29, 1.82) is 0 Å². The summed E-state index contributed by atoms with van der Waals surface area (Å²) in [6.07, 6.45) is 3.20. The van der Waals surface area contributed by atoms with E-state index in [1.165, 1.54) is 14.7 Å². The molecule has 4 unspecified atom stereocenters. The number of carbonyl (C=O) groups excluding carboxylic acids is 2. The Balaban J connectivity index is 1.28. The fourth-order valence-electron chi connectivity index (χ4n) is 6.16. The Bertz CT molecular complexity index is 1190. The Kier molecular flexibility index (Phi) is 7.71. The van der Waals surface area contributed by atoms with Gasteiger partial charge in [0.25, 0.3) is 0 Å². The summed E-state index contributed by atoms with van der Waals surface area (Å²) in [5.41, 5.74) is 2.02. The maximum Gasteiger partial charge on any atom is 0.344 e. The zero-order chi connectivity index (χ0) is 25.9. The number of rotatable bonds is 7. The first kappa shape index (κ1) is 25.6. The SMILES string of the molecule is Cc1cc([SH](c2ccccc2)c2ccccc2)cc(C)c1OCC(=O)OC1CC2CC(C)C(=O)C(C2)C1. The summed E-state index contributed by atoms with van der Waals surface area (Å²) in [5, 5.41) is 0.